The van der Waals surface area contributed by atoms with Crippen molar-refractivity contribution in [3.63, 3.8) is 0 Å². The van der Waals surface area contributed by atoms with E-state index in [1.807, 2.05) is 18.2 Å². The van der Waals surface area contributed by atoms with Gasteiger partial charge in [-0.25, -0.2) is 4.79 Å². The summed E-state index contributed by atoms with van der Waals surface area (Å²) in [5.41, 5.74) is 1.24. The highest BCUT2D eigenvalue weighted by Gasteiger charge is 2.59. The molecule has 4 aliphatic rings. The Hall–Kier alpha value is -1.88. The maximum absolute atomic E-state index is 13.1. The van der Waals surface area contributed by atoms with E-state index in [0.717, 1.165) is 12.0 Å². The van der Waals surface area contributed by atoms with E-state index >= 15 is 0 Å². The van der Waals surface area contributed by atoms with E-state index in [0.29, 0.717) is 23.3 Å². The van der Waals surface area contributed by atoms with Crippen LogP contribution in [0.5, 0.6) is 0 Å². The molecule has 1 aromatic carbocycles. The van der Waals surface area contributed by atoms with Gasteiger partial charge in [0.2, 0.25) is 11.8 Å². The van der Waals surface area contributed by atoms with Crippen molar-refractivity contribution in [2.75, 3.05) is 6.54 Å². The number of nitrogens with zero attached hydrogens (tertiary/aromatic N) is 2. The molecule has 4 fully saturated rings. The van der Waals surface area contributed by atoms with Crippen LogP contribution in [0.4, 0.5) is 4.79 Å². The molecule has 0 radical (unpaired) electrons. The third-order valence-electron chi connectivity index (χ3n) is 7.47. The summed E-state index contributed by atoms with van der Waals surface area (Å²) in [6, 6.07) is 6.86. The van der Waals surface area contributed by atoms with Gasteiger partial charge in [-0.05, 0) is 60.1 Å². The number of rotatable bonds is 4. The normalized spacial score (nSPS) is 31.8. The fourth-order valence-electron chi connectivity index (χ4n) is 5.60. The Morgan fingerprint density at radius 2 is 1.89 bits per heavy atom. The Morgan fingerprint density at radius 1 is 1.14 bits per heavy atom. The van der Waals surface area contributed by atoms with Crippen LogP contribution >= 0.6 is 11.6 Å². The molecule has 28 heavy (non-hydrogen) atoms. The van der Waals surface area contributed by atoms with Crippen molar-refractivity contribution >= 4 is 29.4 Å². The van der Waals surface area contributed by atoms with Gasteiger partial charge >= 0.3 is 6.03 Å². The number of urea groups is 1. The summed E-state index contributed by atoms with van der Waals surface area (Å²) < 4.78 is 0. The van der Waals surface area contributed by atoms with Gasteiger partial charge in [0.1, 0.15) is 6.42 Å². The van der Waals surface area contributed by atoms with Gasteiger partial charge in [-0.15, -0.1) is 0 Å². The summed E-state index contributed by atoms with van der Waals surface area (Å²) in [6.07, 6.45) is 2.33. The molecule has 0 N–H and O–H groups in total. The van der Waals surface area contributed by atoms with Crippen molar-refractivity contribution in [3.8, 4) is 0 Å². The molecule has 1 aliphatic heterocycles. The van der Waals surface area contributed by atoms with Crippen molar-refractivity contribution in [1.82, 2.24) is 9.80 Å². The zero-order chi connectivity index (χ0) is 20.2. The number of fused-ring (bicyclic) bond motifs is 2. The van der Waals surface area contributed by atoms with Crippen LogP contribution in [0.25, 0.3) is 0 Å². The van der Waals surface area contributed by atoms with Gasteiger partial charge in [0.25, 0.3) is 0 Å². The Morgan fingerprint density at radius 3 is 2.54 bits per heavy atom. The van der Waals surface area contributed by atoms with Gasteiger partial charge in [-0.2, -0.15) is 0 Å². The minimum atomic E-state index is -0.445. The minimum absolute atomic E-state index is 0.0986. The van der Waals surface area contributed by atoms with Crippen LogP contribution in [0.15, 0.2) is 24.3 Å². The first-order valence-electron chi connectivity index (χ1n) is 10.1. The molecule has 4 amide bonds. The fourth-order valence-corrected chi connectivity index (χ4v) is 5.81. The highest BCUT2D eigenvalue weighted by molar-refractivity contribution is 6.30. The molecular weight excluding hydrogens is 376 g/mol. The number of hydrogen-bond acceptors (Lipinski definition) is 3. The molecule has 1 aromatic rings. The molecule has 1 saturated heterocycles. The molecule has 3 saturated carbocycles. The van der Waals surface area contributed by atoms with Crippen LogP contribution in [0.3, 0.4) is 0 Å². The number of amides is 4. The number of hydrogen-bond donors (Lipinski definition) is 0. The molecule has 0 spiro atoms. The lowest BCUT2D eigenvalue weighted by Crippen LogP contribution is -2.66. The van der Waals surface area contributed by atoms with Gasteiger partial charge in [-0.3, -0.25) is 19.4 Å². The first kappa shape index (κ1) is 19.4. The molecule has 6 heteroatoms. The largest absolute Gasteiger partial charge is 0.333 e. The third-order valence-corrected chi connectivity index (χ3v) is 7.70. The average molecular weight is 403 g/mol. The van der Waals surface area contributed by atoms with Gasteiger partial charge in [0.15, 0.2) is 0 Å². The second-order valence-electron chi connectivity index (χ2n) is 9.17. The molecule has 150 valence electrons. The highest BCUT2D eigenvalue weighted by atomic mass is 35.5. The molecule has 5 nitrogen and oxygen atoms in total. The minimum Gasteiger partial charge on any atom is -0.274 e. The molecule has 4 atom stereocenters. The molecular formula is C22H27ClN2O3. The summed E-state index contributed by atoms with van der Waals surface area (Å²) in [7, 11) is 0. The molecule has 5 rings (SSSR count). The predicted octanol–water partition coefficient (Wildman–Crippen LogP) is 4.13. The Bertz CT molecular complexity index is 837. The van der Waals surface area contributed by atoms with Gasteiger partial charge in [0.05, 0.1) is 0 Å². The Labute approximate surface area is 171 Å². The molecule has 3 aliphatic carbocycles. The van der Waals surface area contributed by atoms with Gasteiger partial charge < -0.3 is 0 Å². The van der Waals surface area contributed by atoms with Crippen LogP contribution in [0.1, 0.15) is 45.6 Å². The lowest BCUT2D eigenvalue weighted by Gasteiger charge is -2.63. The Balaban J connectivity index is 1.50. The van der Waals surface area contributed by atoms with Crippen LogP contribution in [0, 0.1) is 23.2 Å². The highest BCUT2D eigenvalue weighted by Crippen LogP contribution is 2.62. The number of carbonyl (C=O) groups excluding carboxylic acids is 3. The number of barbiturate groups is 1. The summed E-state index contributed by atoms with van der Waals surface area (Å²) in [5.74, 6) is 0.578. The van der Waals surface area contributed by atoms with Crippen LogP contribution in [-0.4, -0.2) is 40.2 Å². The Kier molecular flexibility index (Phi) is 4.77. The maximum atomic E-state index is 13.1. The maximum Gasteiger partial charge on any atom is 0.333 e. The van der Waals surface area contributed by atoms with Crippen molar-refractivity contribution in [2.24, 2.45) is 23.2 Å². The van der Waals surface area contributed by atoms with Crippen molar-refractivity contribution in [2.45, 2.75) is 52.5 Å². The first-order chi connectivity index (χ1) is 13.2. The summed E-state index contributed by atoms with van der Waals surface area (Å²) >= 11 is 6.02. The van der Waals surface area contributed by atoms with E-state index < -0.39 is 11.9 Å². The van der Waals surface area contributed by atoms with E-state index in [1.165, 1.54) is 16.2 Å². The van der Waals surface area contributed by atoms with Crippen LogP contribution in [0.2, 0.25) is 5.02 Å². The van der Waals surface area contributed by atoms with Crippen molar-refractivity contribution < 1.29 is 14.4 Å². The monoisotopic (exact) mass is 402 g/mol. The number of halogens is 1. The second kappa shape index (κ2) is 6.87. The zero-order valence-corrected chi connectivity index (χ0v) is 17.4. The average Bonchev–Trinajstić information content (AvgIpc) is 2.62. The summed E-state index contributed by atoms with van der Waals surface area (Å²) in [6.45, 7) is 7.00. The van der Waals surface area contributed by atoms with E-state index in [-0.39, 0.29) is 36.2 Å². The van der Waals surface area contributed by atoms with Crippen molar-refractivity contribution in [3.05, 3.63) is 34.9 Å². The van der Waals surface area contributed by atoms with E-state index in [2.05, 4.69) is 20.8 Å². The van der Waals surface area contributed by atoms with E-state index in [4.69, 9.17) is 11.6 Å². The number of carbonyl (C=O) groups is 3. The lowest BCUT2D eigenvalue weighted by atomic mass is 9.44. The molecule has 2 bridgehead atoms. The third kappa shape index (κ3) is 3.04. The van der Waals surface area contributed by atoms with E-state index in [9.17, 15) is 14.4 Å². The van der Waals surface area contributed by atoms with Gasteiger partial charge in [-0.1, -0.05) is 44.5 Å². The quantitative estimate of drug-likeness (QED) is 0.711. The van der Waals surface area contributed by atoms with E-state index in [1.54, 1.807) is 6.07 Å². The SMILES string of the molecule is C[C@H]1[C@H](N2C(=O)CC(=O)N(CCc3cccc(Cl)c3)C2=O)C[C@@H]2C[C@H]1C2(C)C. The van der Waals surface area contributed by atoms with Crippen LogP contribution < -0.4 is 0 Å². The molecule has 1 heterocycles. The summed E-state index contributed by atoms with van der Waals surface area (Å²) in [5, 5.41) is 0.628. The second-order valence-corrected chi connectivity index (χ2v) is 9.61. The standard InChI is InChI=1S/C22H27ClN2O3/c1-13-17-10-15(22(17,2)3)11-18(13)25-20(27)12-19(26)24(21(25)28)8-7-14-5-4-6-16(23)9-14/h4-6,9,13,15,17-18H,7-8,10-12H2,1-3H3/t13-,15+,17-,18-/m1/s1. The number of imide groups is 2. The smallest absolute Gasteiger partial charge is 0.274 e. The first-order valence-corrected chi connectivity index (χ1v) is 10.5. The zero-order valence-electron chi connectivity index (χ0n) is 16.7. The molecule has 0 unspecified atom stereocenters. The summed E-state index contributed by atoms with van der Waals surface area (Å²) in [4.78, 5) is 40.9. The predicted molar refractivity (Wildman–Crippen MR) is 107 cm³/mol. The topological polar surface area (TPSA) is 57.7 Å². The number of benzene rings is 1. The van der Waals surface area contributed by atoms with Crippen LogP contribution in [-0.2, 0) is 16.0 Å². The lowest BCUT2D eigenvalue weighted by molar-refractivity contribution is -0.159. The van der Waals surface area contributed by atoms with Gasteiger partial charge in [0, 0.05) is 17.6 Å². The fraction of sp³-hybridized carbons (Fsp3) is 0.591. The molecule has 0 aromatic heterocycles. The van der Waals surface area contributed by atoms with Crippen molar-refractivity contribution in [1.29, 1.82) is 0 Å².